The highest BCUT2D eigenvalue weighted by molar-refractivity contribution is 6.30. The molecule has 0 bridgehead atoms. The summed E-state index contributed by atoms with van der Waals surface area (Å²) in [6.45, 7) is 3.88. The topological polar surface area (TPSA) is 32.3 Å². The van der Waals surface area contributed by atoms with Crippen LogP contribution < -0.4 is 5.32 Å². The molecular weight excluding hydrogens is 234 g/mol. The molecular formula is C14H20ClNO. The highest BCUT2D eigenvalue weighted by Crippen LogP contribution is 2.47. The number of benzene rings is 1. The molecule has 2 N–H and O–H groups in total. The zero-order valence-corrected chi connectivity index (χ0v) is 11.0. The SMILES string of the molecule is CCC1(CNCC(O)c2ccc(Cl)cc2)CC1. The smallest absolute Gasteiger partial charge is 0.0914 e. The monoisotopic (exact) mass is 253 g/mol. The van der Waals surface area contributed by atoms with Crippen molar-refractivity contribution in [2.75, 3.05) is 13.1 Å². The van der Waals surface area contributed by atoms with Gasteiger partial charge in [0.2, 0.25) is 0 Å². The minimum absolute atomic E-state index is 0.445. The third-order valence-electron chi connectivity index (χ3n) is 3.80. The van der Waals surface area contributed by atoms with Crippen LogP contribution in [0.25, 0.3) is 0 Å². The van der Waals surface area contributed by atoms with Gasteiger partial charge in [0, 0.05) is 18.1 Å². The first-order valence-corrected chi connectivity index (χ1v) is 6.67. The van der Waals surface area contributed by atoms with E-state index in [0.29, 0.717) is 17.0 Å². The van der Waals surface area contributed by atoms with Gasteiger partial charge in [0.05, 0.1) is 6.10 Å². The average molecular weight is 254 g/mol. The summed E-state index contributed by atoms with van der Waals surface area (Å²) in [6, 6.07) is 7.38. The Labute approximate surface area is 108 Å². The molecule has 0 saturated heterocycles. The molecule has 0 aliphatic heterocycles. The second kappa shape index (κ2) is 5.38. The first-order valence-electron chi connectivity index (χ1n) is 6.29. The number of halogens is 1. The number of rotatable bonds is 6. The van der Waals surface area contributed by atoms with Crippen molar-refractivity contribution >= 4 is 11.6 Å². The fourth-order valence-corrected chi connectivity index (χ4v) is 2.23. The van der Waals surface area contributed by atoms with E-state index in [9.17, 15) is 5.11 Å². The first kappa shape index (κ1) is 12.9. The number of aliphatic hydroxyl groups is 1. The Morgan fingerprint density at radius 1 is 1.35 bits per heavy atom. The maximum atomic E-state index is 10.00. The Kier molecular flexibility index (Phi) is 4.08. The van der Waals surface area contributed by atoms with E-state index in [1.165, 1.54) is 19.3 Å². The van der Waals surface area contributed by atoms with Gasteiger partial charge in [-0.25, -0.2) is 0 Å². The van der Waals surface area contributed by atoms with Crippen molar-refractivity contribution in [1.82, 2.24) is 5.32 Å². The maximum Gasteiger partial charge on any atom is 0.0914 e. The predicted octanol–water partition coefficient (Wildman–Crippen LogP) is 3.15. The molecule has 1 aromatic rings. The summed E-state index contributed by atoms with van der Waals surface area (Å²) in [5.41, 5.74) is 1.45. The molecule has 1 aliphatic carbocycles. The van der Waals surface area contributed by atoms with E-state index in [1.54, 1.807) is 0 Å². The molecule has 1 aliphatic rings. The van der Waals surface area contributed by atoms with E-state index in [-0.39, 0.29) is 0 Å². The number of aliphatic hydroxyl groups excluding tert-OH is 1. The molecule has 0 radical (unpaired) electrons. The number of nitrogens with one attached hydrogen (secondary N) is 1. The lowest BCUT2D eigenvalue weighted by Gasteiger charge is -2.16. The van der Waals surface area contributed by atoms with Gasteiger partial charge in [-0.1, -0.05) is 30.7 Å². The van der Waals surface area contributed by atoms with E-state index in [2.05, 4.69) is 12.2 Å². The van der Waals surface area contributed by atoms with Crippen molar-refractivity contribution in [2.24, 2.45) is 5.41 Å². The van der Waals surface area contributed by atoms with E-state index >= 15 is 0 Å². The second-order valence-corrected chi connectivity index (χ2v) is 5.49. The fraction of sp³-hybridized carbons (Fsp3) is 0.571. The Balaban J connectivity index is 1.77. The van der Waals surface area contributed by atoms with Crippen molar-refractivity contribution in [3.05, 3.63) is 34.9 Å². The Morgan fingerprint density at radius 2 is 2.00 bits per heavy atom. The van der Waals surface area contributed by atoms with Crippen molar-refractivity contribution in [3.63, 3.8) is 0 Å². The first-order chi connectivity index (χ1) is 8.15. The largest absolute Gasteiger partial charge is 0.387 e. The van der Waals surface area contributed by atoms with E-state index in [1.807, 2.05) is 24.3 Å². The molecule has 17 heavy (non-hydrogen) atoms. The molecule has 0 spiro atoms. The fourth-order valence-electron chi connectivity index (χ4n) is 2.11. The summed E-state index contributed by atoms with van der Waals surface area (Å²) in [5, 5.41) is 14.1. The van der Waals surface area contributed by atoms with Crippen molar-refractivity contribution in [2.45, 2.75) is 32.3 Å². The van der Waals surface area contributed by atoms with Gasteiger partial charge in [-0.3, -0.25) is 0 Å². The summed E-state index contributed by atoms with van der Waals surface area (Å²) in [7, 11) is 0. The minimum atomic E-state index is -0.445. The van der Waals surface area contributed by atoms with Crippen LogP contribution in [0.15, 0.2) is 24.3 Å². The molecule has 1 saturated carbocycles. The van der Waals surface area contributed by atoms with E-state index < -0.39 is 6.10 Å². The van der Waals surface area contributed by atoms with Gasteiger partial charge in [0.15, 0.2) is 0 Å². The van der Waals surface area contributed by atoms with Gasteiger partial charge in [-0.05, 0) is 42.4 Å². The molecule has 94 valence electrons. The Hall–Kier alpha value is -0.570. The molecule has 0 aromatic heterocycles. The molecule has 0 amide bonds. The van der Waals surface area contributed by atoms with Gasteiger partial charge in [0.25, 0.3) is 0 Å². The number of hydrogen-bond acceptors (Lipinski definition) is 2. The van der Waals surface area contributed by atoms with Gasteiger partial charge in [0.1, 0.15) is 0 Å². The standard InChI is InChI=1S/C14H20ClNO/c1-2-14(7-8-14)10-16-9-13(17)11-3-5-12(15)6-4-11/h3-6,13,16-17H,2,7-10H2,1H3. The van der Waals surface area contributed by atoms with Crippen LogP contribution in [0.3, 0.4) is 0 Å². The van der Waals surface area contributed by atoms with E-state index in [4.69, 9.17) is 11.6 Å². The third-order valence-corrected chi connectivity index (χ3v) is 4.05. The van der Waals surface area contributed by atoms with Gasteiger partial charge < -0.3 is 10.4 Å². The molecule has 1 aromatic carbocycles. The van der Waals surface area contributed by atoms with Gasteiger partial charge >= 0.3 is 0 Å². The number of hydrogen-bond donors (Lipinski definition) is 2. The van der Waals surface area contributed by atoms with Crippen LogP contribution in [0.2, 0.25) is 5.02 Å². The van der Waals surface area contributed by atoms with Crippen LogP contribution in [-0.4, -0.2) is 18.2 Å². The van der Waals surface area contributed by atoms with Crippen LogP contribution >= 0.6 is 11.6 Å². The van der Waals surface area contributed by atoms with E-state index in [0.717, 1.165) is 12.1 Å². The van der Waals surface area contributed by atoms with Crippen LogP contribution in [-0.2, 0) is 0 Å². The average Bonchev–Trinajstić information content (AvgIpc) is 3.10. The Bertz CT molecular complexity index is 359. The zero-order valence-electron chi connectivity index (χ0n) is 10.2. The lowest BCUT2D eigenvalue weighted by molar-refractivity contribution is 0.171. The van der Waals surface area contributed by atoms with Crippen LogP contribution in [0.4, 0.5) is 0 Å². The van der Waals surface area contributed by atoms with Gasteiger partial charge in [-0.15, -0.1) is 0 Å². The second-order valence-electron chi connectivity index (χ2n) is 5.05. The summed E-state index contributed by atoms with van der Waals surface area (Å²) in [6.07, 6.45) is 3.44. The minimum Gasteiger partial charge on any atom is -0.387 e. The molecule has 1 fully saturated rings. The predicted molar refractivity (Wildman–Crippen MR) is 71.2 cm³/mol. The van der Waals surface area contributed by atoms with Crippen molar-refractivity contribution < 1.29 is 5.11 Å². The maximum absolute atomic E-state index is 10.00. The quantitative estimate of drug-likeness (QED) is 0.816. The highest BCUT2D eigenvalue weighted by Gasteiger charge is 2.39. The van der Waals surface area contributed by atoms with Crippen LogP contribution in [0.5, 0.6) is 0 Å². The lowest BCUT2D eigenvalue weighted by atomic mass is 10.0. The lowest BCUT2D eigenvalue weighted by Crippen LogP contribution is -2.28. The zero-order chi connectivity index (χ0) is 12.3. The highest BCUT2D eigenvalue weighted by atomic mass is 35.5. The summed E-state index contributed by atoms with van der Waals surface area (Å²) < 4.78 is 0. The van der Waals surface area contributed by atoms with Crippen molar-refractivity contribution in [3.8, 4) is 0 Å². The van der Waals surface area contributed by atoms with Crippen LogP contribution in [0.1, 0.15) is 37.9 Å². The summed E-state index contributed by atoms with van der Waals surface area (Å²) in [4.78, 5) is 0. The normalized spacial score (nSPS) is 19.0. The van der Waals surface area contributed by atoms with Gasteiger partial charge in [-0.2, -0.15) is 0 Å². The molecule has 2 nitrogen and oxygen atoms in total. The van der Waals surface area contributed by atoms with Crippen molar-refractivity contribution in [1.29, 1.82) is 0 Å². The van der Waals surface area contributed by atoms with Crippen LogP contribution in [0, 0.1) is 5.41 Å². The summed E-state index contributed by atoms with van der Waals surface area (Å²) >= 11 is 5.81. The molecule has 1 unspecified atom stereocenters. The molecule has 1 atom stereocenters. The molecule has 2 rings (SSSR count). The Morgan fingerprint density at radius 3 is 2.53 bits per heavy atom. The summed E-state index contributed by atoms with van der Waals surface area (Å²) in [5.74, 6) is 0. The molecule has 0 heterocycles. The molecule has 3 heteroatoms. The third kappa shape index (κ3) is 3.44.